The Labute approximate surface area is 125 Å². The Bertz CT molecular complexity index is 515. The number of anilines is 1. The summed E-state index contributed by atoms with van der Waals surface area (Å²) >= 11 is 0. The van der Waals surface area contributed by atoms with E-state index in [1.807, 2.05) is 6.92 Å². The van der Waals surface area contributed by atoms with Crippen molar-refractivity contribution in [3.63, 3.8) is 0 Å². The molecule has 0 bridgehead atoms. The van der Waals surface area contributed by atoms with Gasteiger partial charge in [0.15, 0.2) is 6.10 Å². The molecule has 21 heavy (non-hydrogen) atoms. The maximum absolute atomic E-state index is 13.6. The molecule has 0 aromatic heterocycles. The first-order chi connectivity index (χ1) is 10.2. The lowest BCUT2D eigenvalue weighted by molar-refractivity contribution is 0.0763. The molecule has 4 nitrogen and oxygen atoms in total. The normalized spacial score (nSPS) is 20.1. The Kier molecular flexibility index (Phi) is 5.54. The fraction of sp³-hybridized carbons (Fsp3) is 0.562. The van der Waals surface area contributed by atoms with Gasteiger partial charge in [0.25, 0.3) is 0 Å². The van der Waals surface area contributed by atoms with Gasteiger partial charge in [0.05, 0.1) is 19.2 Å². The average molecular weight is 291 g/mol. The number of nitrogens with zero attached hydrogens (tertiary/aromatic N) is 2. The monoisotopic (exact) mass is 291 g/mol. The molecule has 1 aliphatic heterocycles. The highest BCUT2D eigenvalue weighted by Crippen LogP contribution is 2.28. The van der Waals surface area contributed by atoms with E-state index in [1.54, 1.807) is 12.1 Å². The van der Waals surface area contributed by atoms with Crippen molar-refractivity contribution in [1.29, 1.82) is 5.26 Å². The van der Waals surface area contributed by atoms with E-state index < -0.39 is 6.10 Å². The second-order valence-corrected chi connectivity index (χ2v) is 5.31. The van der Waals surface area contributed by atoms with Gasteiger partial charge in [-0.15, -0.1) is 0 Å². The van der Waals surface area contributed by atoms with Crippen molar-refractivity contribution in [2.75, 3.05) is 31.1 Å². The lowest BCUT2D eigenvalue weighted by atomic mass is 10.0. The van der Waals surface area contributed by atoms with Crippen molar-refractivity contribution < 1.29 is 9.13 Å². The Balaban J connectivity index is 2.24. The summed E-state index contributed by atoms with van der Waals surface area (Å²) in [5.41, 5.74) is 1.91. The highest BCUT2D eigenvalue weighted by atomic mass is 19.1. The summed E-state index contributed by atoms with van der Waals surface area (Å²) < 4.78 is 19.0. The molecule has 1 N–H and O–H groups in total. The molecule has 0 amide bonds. The zero-order valence-corrected chi connectivity index (χ0v) is 12.6. The number of benzene rings is 1. The van der Waals surface area contributed by atoms with Crippen LogP contribution in [0.4, 0.5) is 10.1 Å². The standard InChI is InChI=1S/C16H22FN3O/c1-3-6-19-12(2)15-9-13(17)4-5-16(15)20-7-8-21-14(10-18)11-20/h4-5,9,12,14,19H,3,6-8,11H2,1-2H3. The zero-order valence-electron chi connectivity index (χ0n) is 12.6. The van der Waals surface area contributed by atoms with Crippen LogP contribution in [-0.4, -0.2) is 32.3 Å². The van der Waals surface area contributed by atoms with Crippen LogP contribution in [0.25, 0.3) is 0 Å². The lowest BCUT2D eigenvalue weighted by Crippen LogP contribution is -2.42. The van der Waals surface area contributed by atoms with E-state index in [0.717, 1.165) is 30.8 Å². The number of nitriles is 1. The van der Waals surface area contributed by atoms with E-state index >= 15 is 0 Å². The molecule has 1 heterocycles. The Morgan fingerprint density at radius 1 is 1.57 bits per heavy atom. The van der Waals surface area contributed by atoms with Gasteiger partial charge in [-0.1, -0.05) is 6.92 Å². The minimum atomic E-state index is -0.421. The second-order valence-electron chi connectivity index (χ2n) is 5.31. The van der Waals surface area contributed by atoms with Crippen molar-refractivity contribution in [1.82, 2.24) is 5.32 Å². The second kappa shape index (κ2) is 7.39. The zero-order chi connectivity index (χ0) is 15.2. The highest BCUT2D eigenvalue weighted by molar-refractivity contribution is 5.55. The summed E-state index contributed by atoms with van der Waals surface area (Å²) in [5, 5.41) is 12.4. The molecular weight excluding hydrogens is 269 g/mol. The van der Waals surface area contributed by atoms with E-state index in [0.29, 0.717) is 13.2 Å². The summed E-state index contributed by atoms with van der Waals surface area (Å²) in [6.45, 7) is 6.79. The van der Waals surface area contributed by atoms with E-state index in [9.17, 15) is 4.39 Å². The van der Waals surface area contributed by atoms with Crippen LogP contribution in [0.3, 0.4) is 0 Å². The van der Waals surface area contributed by atoms with Crippen molar-refractivity contribution in [2.45, 2.75) is 32.4 Å². The van der Waals surface area contributed by atoms with E-state index in [2.05, 4.69) is 23.2 Å². The number of halogens is 1. The van der Waals surface area contributed by atoms with Crippen LogP contribution in [0.15, 0.2) is 18.2 Å². The van der Waals surface area contributed by atoms with Gasteiger partial charge in [0, 0.05) is 18.3 Å². The first-order valence-electron chi connectivity index (χ1n) is 7.44. The van der Waals surface area contributed by atoms with E-state index in [1.165, 1.54) is 6.07 Å². The van der Waals surface area contributed by atoms with Gasteiger partial charge in [-0.3, -0.25) is 0 Å². The molecule has 1 saturated heterocycles. The SMILES string of the molecule is CCCNC(C)c1cc(F)ccc1N1CCOC(C#N)C1. The van der Waals surface area contributed by atoms with Gasteiger partial charge in [-0.2, -0.15) is 5.26 Å². The van der Waals surface area contributed by atoms with Crippen LogP contribution < -0.4 is 10.2 Å². The molecule has 1 fully saturated rings. The summed E-state index contributed by atoms with van der Waals surface area (Å²) in [6, 6.07) is 7.07. The van der Waals surface area contributed by atoms with Crippen LogP contribution in [0.5, 0.6) is 0 Å². The maximum atomic E-state index is 13.6. The van der Waals surface area contributed by atoms with Crippen LogP contribution in [0.1, 0.15) is 31.9 Å². The first kappa shape index (κ1) is 15.7. The third kappa shape index (κ3) is 3.93. The summed E-state index contributed by atoms with van der Waals surface area (Å²) in [4.78, 5) is 2.11. The largest absolute Gasteiger partial charge is 0.365 e. The highest BCUT2D eigenvalue weighted by Gasteiger charge is 2.23. The van der Waals surface area contributed by atoms with Gasteiger partial charge < -0.3 is 15.0 Å². The first-order valence-corrected chi connectivity index (χ1v) is 7.44. The number of morpholine rings is 1. The van der Waals surface area contributed by atoms with Crippen molar-refractivity contribution in [3.8, 4) is 6.07 Å². The molecule has 2 unspecified atom stereocenters. The smallest absolute Gasteiger partial charge is 0.161 e. The minimum absolute atomic E-state index is 0.0685. The molecular formula is C16H22FN3O. The number of hydrogen-bond donors (Lipinski definition) is 1. The van der Waals surface area contributed by atoms with Crippen molar-refractivity contribution >= 4 is 5.69 Å². The Hall–Kier alpha value is -1.64. The van der Waals surface area contributed by atoms with Gasteiger partial charge in [-0.25, -0.2) is 4.39 Å². The number of ether oxygens (including phenoxy) is 1. The maximum Gasteiger partial charge on any atom is 0.161 e. The molecule has 0 radical (unpaired) electrons. The third-order valence-corrected chi connectivity index (χ3v) is 3.71. The van der Waals surface area contributed by atoms with Crippen LogP contribution in [0.2, 0.25) is 0 Å². The molecule has 0 spiro atoms. The van der Waals surface area contributed by atoms with Gasteiger partial charge in [0.2, 0.25) is 0 Å². The molecule has 2 atom stereocenters. The number of rotatable bonds is 5. The topological polar surface area (TPSA) is 48.3 Å². The van der Waals surface area contributed by atoms with E-state index in [-0.39, 0.29) is 11.9 Å². The molecule has 1 aliphatic rings. The fourth-order valence-electron chi connectivity index (χ4n) is 2.58. The number of hydrogen-bond acceptors (Lipinski definition) is 4. The molecule has 2 rings (SSSR count). The predicted molar refractivity (Wildman–Crippen MR) is 80.7 cm³/mol. The molecule has 5 heteroatoms. The van der Waals surface area contributed by atoms with Crippen molar-refractivity contribution in [2.24, 2.45) is 0 Å². The van der Waals surface area contributed by atoms with Gasteiger partial charge in [-0.05, 0) is 43.7 Å². The molecule has 1 aromatic rings. The van der Waals surface area contributed by atoms with Crippen LogP contribution >= 0.6 is 0 Å². The molecule has 0 aliphatic carbocycles. The minimum Gasteiger partial charge on any atom is -0.365 e. The Morgan fingerprint density at radius 3 is 3.10 bits per heavy atom. The molecule has 1 aromatic carbocycles. The van der Waals surface area contributed by atoms with E-state index in [4.69, 9.17) is 10.00 Å². The summed E-state index contributed by atoms with van der Waals surface area (Å²) in [7, 11) is 0. The van der Waals surface area contributed by atoms with Crippen LogP contribution in [-0.2, 0) is 4.74 Å². The summed E-state index contributed by atoms with van der Waals surface area (Å²) in [6.07, 6.45) is 0.610. The molecule has 114 valence electrons. The van der Waals surface area contributed by atoms with Crippen molar-refractivity contribution in [3.05, 3.63) is 29.6 Å². The Morgan fingerprint density at radius 2 is 2.38 bits per heavy atom. The van der Waals surface area contributed by atoms with Gasteiger partial charge >= 0.3 is 0 Å². The van der Waals surface area contributed by atoms with Crippen LogP contribution in [0, 0.1) is 17.1 Å². The fourth-order valence-corrected chi connectivity index (χ4v) is 2.58. The van der Waals surface area contributed by atoms with Gasteiger partial charge in [0.1, 0.15) is 5.82 Å². The lowest BCUT2D eigenvalue weighted by Gasteiger charge is -2.34. The number of nitrogens with one attached hydrogen (secondary N) is 1. The summed E-state index contributed by atoms with van der Waals surface area (Å²) in [5.74, 6) is -0.232. The predicted octanol–water partition coefficient (Wildman–Crippen LogP) is 2.62. The quantitative estimate of drug-likeness (QED) is 0.906. The molecule has 0 saturated carbocycles. The average Bonchev–Trinajstić information content (AvgIpc) is 2.52. The third-order valence-electron chi connectivity index (χ3n) is 3.71.